The highest BCUT2D eigenvalue weighted by atomic mass is 16.5. The van der Waals surface area contributed by atoms with Crippen molar-refractivity contribution in [3.8, 4) is 11.6 Å². The fraction of sp³-hybridized carbons (Fsp3) is 0.455. The van der Waals surface area contributed by atoms with Gasteiger partial charge in [-0.3, -0.25) is 0 Å². The van der Waals surface area contributed by atoms with E-state index in [2.05, 4.69) is 20.1 Å². The molecular weight excluding hydrogens is 218 g/mol. The first-order chi connectivity index (χ1) is 8.08. The first-order valence-corrected chi connectivity index (χ1v) is 5.46. The standard InChI is InChI=1S/C11H15N5O/c1-6-4-13-9(14-5-6)10-15-11(17-16-10)7(2)8(3)12/h4-5,7-8H,12H2,1-3H3. The third-order valence-corrected chi connectivity index (χ3v) is 2.60. The van der Waals surface area contributed by atoms with Crippen molar-refractivity contribution >= 4 is 0 Å². The van der Waals surface area contributed by atoms with Gasteiger partial charge in [-0.1, -0.05) is 12.1 Å². The molecule has 0 aliphatic rings. The molecule has 0 amide bonds. The van der Waals surface area contributed by atoms with Crippen molar-refractivity contribution < 1.29 is 4.52 Å². The highest BCUT2D eigenvalue weighted by Crippen LogP contribution is 2.18. The van der Waals surface area contributed by atoms with E-state index in [-0.39, 0.29) is 12.0 Å². The first-order valence-electron chi connectivity index (χ1n) is 5.46. The van der Waals surface area contributed by atoms with Gasteiger partial charge in [-0.15, -0.1) is 0 Å². The molecular formula is C11H15N5O. The summed E-state index contributed by atoms with van der Waals surface area (Å²) in [4.78, 5) is 12.5. The van der Waals surface area contributed by atoms with Gasteiger partial charge < -0.3 is 10.3 Å². The third-order valence-electron chi connectivity index (χ3n) is 2.60. The molecule has 2 aromatic rings. The van der Waals surface area contributed by atoms with Gasteiger partial charge in [0.1, 0.15) is 0 Å². The summed E-state index contributed by atoms with van der Waals surface area (Å²) in [7, 11) is 0. The number of aromatic nitrogens is 4. The average Bonchev–Trinajstić information content (AvgIpc) is 2.78. The quantitative estimate of drug-likeness (QED) is 0.858. The lowest BCUT2D eigenvalue weighted by atomic mass is 10.1. The molecule has 0 radical (unpaired) electrons. The number of nitrogens with two attached hydrogens (primary N) is 1. The number of aryl methyl sites for hydroxylation is 1. The van der Waals surface area contributed by atoms with Crippen LogP contribution in [0.3, 0.4) is 0 Å². The second-order valence-electron chi connectivity index (χ2n) is 4.19. The van der Waals surface area contributed by atoms with Crippen molar-refractivity contribution in [2.45, 2.75) is 32.7 Å². The maximum Gasteiger partial charge on any atom is 0.240 e. The number of hydrogen-bond acceptors (Lipinski definition) is 6. The van der Waals surface area contributed by atoms with Crippen molar-refractivity contribution in [2.24, 2.45) is 5.73 Å². The van der Waals surface area contributed by atoms with Crippen LogP contribution in [0.15, 0.2) is 16.9 Å². The maximum atomic E-state index is 5.78. The Morgan fingerprint density at radius 3 is 2.41 bits per heavy atom. The van der Waals surface area contributed by atoms with E-state index in [0.717, 1.165) is 5.56 Å². The molecule has 2 N–H and O–H groups in total. The third kappa shape index (κ3) is 2.47. The molecule has 0 bridgehead atoms. The fourth-order valence-corrected chi connectivity index (χ4v) is 1.24. The summed E-state index contributed by atoms with van der Waals surface area (Å²) in [5, 5.41) is 3.85. The lowest BCUT2D eigenvalue weighted by Gasteiger charge is -2.09. The molecule has 0 spiro atoms. The normalized spacial score (nSPS) is 14.6. The molecule has 2 unspecified atom stereocenters. The largest absolute Gasteiger partial charge is 0.339 e. The van der Waals surface area contributed by atoms with Gasteiger partial charge in [-0.25, -0.2) is 9.97 Å². The number of hydrogen-bond donors (Lipinski definition) is 1. The Balaban J connectivity index is 2.26. The van der Waals surface area contributed by atoms with E-state index in [0.29, 0.717) is 17.5 Å². The molecule has 0 saturated heterocycles. The Morgan fingerprint density at radius 1 is 1.18 bits per heavy atom. The summed E-state index contributed by atoms with van der Waals surface area (Å²) < 4.78 is 5.15. The van der Waals surface area contributed by atoms with Gasteiger partial charge in [0.15, 0.2) is 0 Å². The van der Waals surface area contributed by atoms with Gasteiger partial charge in [-0.05, 0) is 19.4 Å². The molecule has 2 rings (SSSR count). The minimum Gasteiger partial charge on any atom is -0.339 e. The predicted octanol–water partition coefficient (Wildman–Crippen LogP) is 1.29. The van der Waals surface area contributed by atoms with E-state index < -0.39 is 0 Å². The molecule has 2 heterocycles. The highest BCUT2D eigenvalue weighted by molar-refractivity contribution is 5.41. The molecule has 17 heavy (non-hydrogen) atoms. The van der Waals surface area contributed by atoms with Crippen molar-refractivity contribution in [3.63, 3.8) is 0 Å². The van der Waals surface area contributed by atoms with E-state index in [1.165, 1.54) is 0 Å². The molecule has 0 aromatic carbocycles. The van der Waals surface area contributed by atoms with Gasteiger partial charge >= 0.3 is 0 Å². The zero-order chi connectivity index (χ0) is 12.4. The summed E-state index contributed by atoms with van der Waals surface area (Å²) in [5.74, 6) is 1.39. The molecule has 0 aliphatic carbocycles. The lowest BCUT2D eigenvalue weighted by molar-refractivity contribution is 0.346. The highest BCUT2D eigenvalue weighted by Gasteiger charge is 2.19. The molecule has 90 valence electrons. The minimum atomic E-state index is -0.0396. The van der Waals surface area contributed by atoms with Crippen LogP contribution >= 0.6 is 0 Å². The van der Waals surface area contributed by atoms with Gasteiger partial charge in [-0.2, -0.15) is 4.98 Å². The SMILES string of the molecule is Cc1cnc(-c2noc(C(C)C(C)N)n2)nc1. The Labute approximate surface area is 99.3 Å². The van der Waals surface area contributed by atoms with Crippen LogP contribution in [0.2, 0.25) is 0 Å². The summed E-state index contributed by atoms with van der Waals surface area (Å²) in [6, 6.07) is -0.0396. The van der Waals surface area contributed by atoms with E-state index >= 15 is 0 Å². The molecule has 0 fully saturated rings. The molecule has 0 saturated carbocycles. The van der Waals surface area contributed by atoms with Gasteiger partial charge in [0.05, 0.1) is 5.92 Å². The van der Waals surface area contributed by atoms with E-state index in [4.69, 9.17) is 10.3 Å². The second-order valence-corrected chi connectivity index (χ2v) is 4.19. The zero-order valence-corrected chi connectivity index (χ0v) is 10.1. The van der Waals surface area contributed by atoms with E-state index in [1.54, 1.807) is 12.4 Å². The Bertz CT molecular complexity index is 491. The van der Waals surface area contributed by atoms with Crippen LogP contribution in [0.4, 0.5) is 0 Å². The Kier molecular flexibility index (Phi) is 3.14. The first kappa shape index (κ1) is 11.7. The zero-order valence-electron chi connectivity index (χ0n) is 10.1. The van der Waals surface area contributed by atoms with E-state index in [9.17, 15) is 0 Å². The number of nitrogens with zero attached hydrogens (tertiary/aromatic N) is 4. The smallest absolute Gasteiger partial charge is 0.240 e. The van der Waals surface area contributed by atoms with Gasteiger partial charge in [0, 0.05) is 18.4 Å². The summed E-state index contributed by atoms with van der Waals surface area (Å²) in [6.45, 7) is 5.76. The van der Waals surface area contributed by atoms with Crippen LogP contribution in [0.25, 0.3) is 11.6 Å². The van der Waals surface area contributed by atoms with Crippen LogP contribution in [-0.2, 0) is 0 Å². The average molecular weight is 233 g/mol. The lowest BCUT2D eigenvalue weighted by Crippen LogP contribution is -2.22. The van der Waals surface area contributed by atoms with Crippen molar-refractivity contribution in [3.05, 3.63) is 23.8 Å². The van der Waals surface area contributed by atoms with Crippen molar-refractivity contribution in [1.29, 1.82) is 0 Å². The topological polar surface area (TPSA) is 90.7 Å². The number of rotatable bonds is 3. The fourth-order valence-electron chi connectivity index (χ4n) is 1.24. The maximum absolute atomic E-state index is 5.78. The van der Waals surface area contributed by atoms with Crippen LogP contribution in [0.1, 0.15) is 31.2 Å². The van der Waals surface area contributed by atoms with Crippen LogP contribution < -0.4 is 5.73 Å². The minimum absolute atomic E-state index is 0.0155. The van der Waals surface area contributed by atoms with Crippen molar-refractivity contribution in [2.75, 3.05) is 0 Å². The summed E-state index contributed by atoms with van der Waals surface area (Å²) in [5.41, 5.74) is 6.76. The van der Waals surface area contributed by atoms with Crippen LogP contribution in [0.5, 0.6) is 0 Å². The second kappa shape index (κ2) is 4.58. The predicted molar refractivity (Wildman–Crippen MR) is 62.1 cm³/mol. The molecule has 2 atom stereocenters. The van der Waals surface area contributed by atoms with Gasteiger partial charge in [0.2, 0.25) is 17.5 Å². The molecule has 6 nitrogen and oxygen atoms in total. The van der Waals surface area contributed by atoms with Crippen LogP contribution in [0, 0.1) is 6.92 Å². The summed E-state index contributed by atoms with van der Waals surface area (Å²) in [6.07, 6.45) is 3.43. The van der Waals surface area contributed by atoms with Crippen LogP contribution in [-0.4, -0.2) is 26.2 Å². The van der Waals surface area contributed by atoms with Gasteiger partial charge in [0.25, 0.3) is 0 Å². The summed E-state index contributed by atoms with van der Waals surface area (Å²) >= 11 is 0. The van der Waals surface area contributed by atoms with Crippen molar-refractivity contribution in [1.82, 2.24) is 20.1 Å². The monoisotopic (exact) mass is 233 g/mol. The Morgan fingerprint density at radius 2 is 1.82 bits per heavy atom. The Hall–Kier alpha value is -1.82. The molecule has 6 heteroatoms. The van der Waals surface area contributed by atoms with E-state index in [1.807, 2.05) is 20.8 Å². The molecule has 2 aromatic heterocycles. The molecule has 0 aliphatic heterocycles.